The van der Waals surface area contributed by atoms with Crippen molar-refractivity contribution < 1.29 is 13.2 Å². The lowest BCUT2D eigenvalue weighted by Gasteiger charge is -2.28. The number of nitrogens with one attached hydrogen (secondary N) is 1. The molecule has 0 spiro atoms. The molecule has 1 aromatic heterocycles. The van der Waals surface area contributed by atoms with Gasteiger partial charge in [-0.25, -0.2) is 8.42 Å². The molecule has 0 saturated carbocycles. The molecule has 1 atom stereocenters. The van der Waals surface area contributed by atoms with Gasteiger partial charge in [-0.15, -0.1) is 0 Å². The van der Waals surface area contributed by atoms with Crippen LogP contribution in [-0.2, 0) is 9.84 Å². The summed E-state index contributed by atoms with van der Waals surface area (Å²) in [7, 11) is 0.943. The van der Waals surface area contributed by atoms with Gasteiger partial charge in [-0.3, -0.25) is 4.79 Å². The molecule has 3 rings (SSSR count). The summed E-state index contributed by atoms with van der Waals surface area (Å²) in [5, 5.41) is 0.984. The first kappa shape index (κ1) is 17.9. The summed E-state index contributed by atoms with van der Waals surface area (Å²) < 4.78 is 23.7. The van der Waals surface area contributed by atoms with Crippen molar-refractivity contribution in [2.45, 2.75) is 18.9 Å². The van der Waals surface area contributed by atoms with Gasteiger partial charge in [0.25, 0.3) is 5.91 Å². The van der Waals surface area contributed by atoms with E-state index in [0.717, 1.165) is 23.9 Å². The molecule has 1 saturated heterocycles. The minimum absolute atomic E-state index is 0.0704. The number of H-pyrrole nitrogens is 1. The Morgan fingerprint density at radius 1 is 1.24 bits per heavy atom. The van der Waals surface area contributed by atoms with Crippen LogP contribution in [0.4, 0.5) is 0 Å². The average Bonchev–Trinajstić information content (AvgIpc) is 3.13. The van der Waals surface area contributed by atoms with Crippen LogP contribution in [0.25, 0.3) is 10.9 Å². The first-order chi connectivity index (χ1) is 11.9. The molecule has 1 fully saturated rings. The summed E-state index contributed by atoms with van der Waals surface area (Å²) in [5.41, 5.74) is 1.44. The van der Waals surface area contributed by atoms with E-state index in [1.54, 1.807) is 4.90 Å². The second-order valence-electron chi connectivity index (χ2n) is 6.98. The molecular formula is C18H25N3O3S. The van der Waals surface area contributed by atoms with Crippen molar-refractivity contribution in [3.63, 3.8) is 0 Å². The van der Waals surface area contributed by atoms with Gasteiger partial charge in [-0.1, -0.05) is 18.2 Å². The first-order valence-electron chi connectivity index (χ1n) is 8.59. The fraction of sp³-hybridized carbons (Fsp3) is 0.500. The standard InChI is InChI=1S/C18H25N3O3S/c1-20(2)9-5-10-21(15-8-11-25(23,24)13-15)18(22)17-12-14-6-3-4-7-16(14)19-17/h3-4,6-7,12,15,19H,5,8-11,13H2,1-2H3. The highest BCUT2D eigenvalue weighted by atomic mass is 32.2. The quantitative estimate of drug-likeness (QED) is 0.849. The lowest BCUT2D eigenvalue weighted by atomic mass is 10.2. The number of aromatic amines is 1. The number of benzene rings is 1. The van der Waals surface area contributed by atoms with Crippen LogP contribution in [0.5, 0.6) is 0 Å². The molecule has 1 unspecified atom stereocenters. The number of carbonyl (C=O) groups is 1. The molecule has 2 heterocycles. The van der Waals surface area contributed by atoms with E-state index >= 15 is 0 Å². The van der Waals surface area contributed by atoms with E-state index in [9.17, 15) is 13.2 Å². The number of hydrogen-bond acceptors (Lipinski definition) is 4. The molecule has 1 aliphatic rings. The maximum Gasteiger partial charge on any atom is 0.270 e. The predicted molar refractivity (Wildman–Crippen MR) is 99.6 cm³/mol. The SMILES string of the molecule is CN(C)CCCN(C(=O)c1cc2ccccc2[nH]1)C1CCS(=O)(=O)C1. The molecular weight excluding hydrogens is 338 g/mol. The van der Waals surface area contributed by atoms with Gasteiger partial charge < -0.3 is 14.8 Å². The van der Waals surface area contributed by atoms with Gasteiger partial charge in [0, 0.05) is 23.5 Å². The van der Waals surface area contributed by atoms with Crippen LogP contribution in [-0.4, -0.2) is 73.8 Å². The third kappa shape index (κ3) is 4.22. The van der Waals surface area contributed by atoms with E-state index in [1.807, 2.05) is 44.4 Å². The van der Waals surface area contributed by atoms with Crippen LogP contribution in [0.1, 0.15) is 23.3 Å². The molecule has 1 aliphatic heterocycles. The minimum Gasteiger partial charge on any atom is -0.351 e. The highest BCUT2D eigenvalue weighted by Gasteiger charge is 2.35. The van der Waals surface area contributed by atoms with Crippen molar-refractivity contribution in [3.05, 3.63) is 36.0 Å². The summed E-state index contributed by atoms with van der Waals surface area (Å²) in [4.78, 5) is 20.1. The summed E-state index contributed by atoms with van der Waals surface area (Å²) in [6.45, 7) is 1.42. The second kappa shape index (κ2) is 7.17. The molecule has 1 N–H and O–H groups in total. The Kier molecular flexibility index (Phi) is 5.15. The van der Waals surface area contributed by atoms with Crippen LogP contribution in [0.3, 0.4) is 0 Å². The Labute approximate surface area is 148 Å². The highest BCUT2D eigenvalue weighted by Crippen LogP contribution is 2.22. The van der Waals surface area contributed by atoms with Crippen LogP contribution in [0.2, 0.25) is 0 Å². The highest BCUT2D eigenvalue weighted by molar-refractivity contribution is 7.91. The molecule has 0 aliphatic carbocycles. The molecule has 1 aromatic carbocycles. The number of hydrogen-bond donors (Lipinski definition) is 1. The second-order valence-corrected chi connectivity index (χ2v) is 9.21. The number of para-hydroxylation sites is 1. The van der Waals surface area contributed by atoms with E-state index < -0.39 is 9.84 Å². The van der Waals surface area contributed by atoms with Crippen molar-refractivity contribution >= 4 is 26.6 Å². The van der Waals surface area contributed by atoms with Crippen LogP contribution in [0, 0.1) is 0 Å². The Balaban J connectivity index is 1.83. The van der Waals surface area contributed by atoms with E-state index in [4.69, 9.17) is 0 Å². The molecule has 25 heavy (non-hydrogen) atoms. The summed E-state index contributed by atoms with van der Waals surface area (Å²) in [6, 6.07) is 9.36. The average molecular weight is 363 g/mol. The minimum atomic E-state index is -3.04. The number of sulfone groups is 1. The fourth-order valence-corrected chi connectivity index (χ4v) is 5.10. The van der Waals surface area contributed by atoms with E-state index in [2.05, 4.69) is 9.88 Å². The Bertz CT molecular complexity index is 824. The van der Waals surface area contributed by atoms with Crippen LogP contribution >= 0.6 is 0 Å². The van der Waals surface area contributed by atoms with Gasteiger partial charge >= 0.3 is 0 Å². The van der Waals surface area contributed by atoms with Gasteiger partial charge in [0.15, 0.2) is 9.84 Å². The molecule has 7 heteroatoms. The number of amides is 1. The van der Waals surface area contributed by atoms with E-state index in [0.29, 0.717) is 18.7 Å². The fourth-order valence-electron chi connectivity index (χ4n) is 3.37. The van der Waals surface area contributed by atoms with Crippen molar-refractivity contribution in [2.24, 2.45) is 0 Å². The lowest BCUT2D eigenvalue weighted by Crippen LogP contribution is -2.42. The van der Waals surface area contributed by atoms with Gasteiger partial charge in [-0.05, 0) is 45.6 Å². The third-order valence-corrected chi connectivity index (χ3v) is 6.43. The zero-order valence-electron chi connectivity index (χ0n) is 14.7. The number of fused-ring (bicyclic) bond motifs is 1. The Hall–Kier alpha value is -1.86. The number of aromatic nitrogens is 1. The molecule has 0 bridgehead atoms. The number of carbonyl (C=O) groups excluding carboxylic acids is 1. The molecule has 136 valence electrons. The topological polar surface area (TPSA) is 73.5 Å². The van der Waals surface area contributed by atoms with E-state index in [1.165, 1.54) is 0 Å². The lowest BCUT2D eigenvalue weighted by molar-refractivity contribution is 0.0685. The first-order valence-corrected chi connectivity index (χ1v) is 10.4. The summed E-state index contributed by atoms with van der Waals surface area (Å²) in [6.07, 6.45) is 1.34. The van der Waals surface area contributed by atoms with E-state index in [-0.39, 0.29) is 23.5 Å². The maximum atomic E-state index is 13.1. The normalized spacial score (nSPS) is 19.6. The van der Waals surface area contributed by atoms with Crippen molar-refractivity contribution in [1.29, 1.82) is 0 Å². The van der Waals surface area contributed by atoms with Gasteiger partial charge in [0.05, 0.1) is 11.5 Å². The summed E-state index contributed by atoms with van der Waals surface area (Å²) >= 11 is 0. The molecule has 2 aromatic rings. The Morgan fingerprint density at radius 3 is 2.64 bits per heavy atom. The molecule has 6 nitrogen and oxygen atoms in total. The van der Waals surface area contributed by atoms with Gasteiger partial charge in [0.1, 0.15) is 5.69 Å². The van der Waals surface area contributed by atoms with Gasteiger partial charge in [-0.2, -0.15) is 0 Å². The summed E-state index contributed by atoms with van der Waals surface area (Å²) in [5.74, 6) is 0.125. The monoisotopic (exact) mass is 363 g/mol. The Morgan fingerprint density at radius 2 is 2.00 bits per heavy atom. The molecule has 1 amide bonds. The zero-order valence-corrected chi connectivity index (χ0v) is 15.6. The number of nitrogens with zero attached hydrogens (tertiary/aromatic N) is 2. The van der Waals surface area contributed by atoms with Crippen molar-refractivity contribution in [2.75, 3.05) is 38.7 Å². The number of rotatable bonds is 6. The van der Waals surface area contributed by atoms with Crippen LogP contribution in [0.15, 0.2) is 30.3 Å². The van der Waals surface area contributed by atoms with Crippen molar-refractivity contribution in [3.8, 4) is 0 Å². The molecule has 0 radical (unpaired) electrons. The largest absolute Gasteiger partial charge is 0.351 e. The smallest absolute Gasteiger partial charge is 0.270 e. The predicted octanol–water partition coefficient (Wildman–Crippen LogP) is 1.75. The maximum absolute atomic E-state index is 13.1. The van der Waals surface area contributed by atoms with Crippen molar-refractivity contribution in [1.82, 2.24) is 14.8 Å². The zero-order chi connectivity index (χ0) is 18.0. The van der Waals surface area contributed by atoms with Gasteiger partial charge in [0.2, 0.25) is 0 Å². The van der Waals surface area contributed by atoms with Crippen LogP contribution < -0.4 is 0 Å². The third-order valence-electron chi connectivity index (χ3n) is 4.67.